The van der Waals surface area contributed by atoms with Crippen molar-refractivity contribution in [2.24, 2.45) is 5.92 Å². The van der Waals surface area contributed by atoms with Crippen molar-refractivity contribution in [1.82, 2.24) is 15.2 Å². The molecular formula is C17H20ClN3OS. The molecule has 1 saturated heterocycles. The Morgan fingerprint density at radius 2 is 2.13 bits per heavy atom. The fourth-order valence-electron chi connectivity index (χ4n) is 2.92. The molecule has 6 heteroatoms. The number of nitrogens with one attached hydrogen (secondary N) is 1. The molecule has 0 saturated carbocycles. The standard InChI is InChI=1S/C17H20ClN3OS/c1-19-10-12-6-8-21(9-7-12)17(22)15-11-23-16(20-15)13-4-2-3-5-14(13)18/h2-5,11-12,19H,6-10H2,1H3. The fraction of sp³-hybridized carbons (Fsp3) is 0.412. The number of hydrogen-bond donors (Lipinski definition) is 1. The maximum atomic E-state index is 12.6. The van der Waals surface area contributed by atoms with Crippen LogP contribution in [0, 0.1) is 5.92 Å². The molecule has 1 aromatic heterocycles. The molecule has 0 spiro atoms. The van der Waals surface area contributed by atoms with Crippen molar-refractivity contribution in [1.29, 1.82) is 0 Å². The van der Waals surface area contributed by atoms with Crippen molar-refractivity contribution in [3.05, 3.63) is 40.4 Å². The van der Waals surface area contributed by atoms with Gasteiger partial charge in [-0.25, -0.2) is 4.98 Å². The van der Waals surface area contributed by atoms with Gasteiger partial charge in [-0.2, -0.15) is 0 Å². The highest BCUT2D eigenvalue weighted by Gasteiger charge is 2.25. The fourth-order valence-corrected chi connectivity index (χ4v) is 4.04. The Hall–Kier alpha value is -1.43. The molecule has 0 radical (unpaired) electrons. The van der Waals surface area contributed by atoms with Gasteiger partial charge in [0, 0.05) is 24.0 Å². The van der Waals surface area contributed by atoms with Crippen LogP contribution < -0.4 is 5.32 Å². The number of halogens is 1. The maximum absolute atomic E-state index is 12.6. The van der Waals surface area contributed by atoms with E-state index in [0.717, 1.165) is 43.0 Å². The Morgan fingerprint density at radius 3 is 2.83 bits per heavy atom. The van der Waals surface area contributed by atoms with Gasteiger partial charge >= 0.3 is 0 Å². The zero-order chi connectivity index (χ0) is 16.2. The van der Waals surface area contributed by atoms with Crippen LogP contribution in [-0.2, 0) is 0 Å². The third kappa shape index (κ3) is 3.74. The number of thiazole rings is 1. The summed E-state index contributed by atoms with van der Waals surface area (Å²) in [6, 6.07) is 7.59. The average molecular weight is 350 g/mol. The normalized spacial score (nSPS) is 15.8. The summed E-state index contributed by atoms with van der Waals surface area (Å²) in [5.41, 5.74) is 1.41. The molecule has 1 fully saturated rings. The SMILES string of the molecule is CNCC1CCN(C(=O)c2csc(-c3ccccc3Cl)n2)CC1. The van der Waals surface area contributed by atoms with Crippen molar-refractivity contribution in [3.8, 4) is 10.6 Å². The zero-order valence-electron chi connectivity index (χ0n) is 13.1. The Morgan fingerprint density at radius 1 is 1.39 bits per heavy atom. The van der Waals surface area contributed by atoms with Gasteiger partial charge in [0.25, 0.3) is 5.91 Å². The second-order valence-corrected chi connectivity index (χ2v) is 7.08. The zero-order valence-corrected chi connectivity index (χ0v) is 14.7. The molecule has 1 N–H and O–H groups in total. The highest BCUT2D eigenvalue weighted by atomic mass is 35.5. The number of carbonyl (C=O) groups excluding carboxylic acids is 1. The molecule has 1 aromatic carbocycles. The third-order valence-corrected chi connectivity index (χ3v) is 5.43. The predicted octanol–water partition coefficient (Wildman–Crippen LogP) is 3.54. The van der Waals surface area contributed by atoms with Gasteiger partial charge in [0.1, 0.15) is 10.7 Å². The first-order valence-electron chi connectivity index (χ1n) is 7.83. The molecule has 1 amide bonds. The van der Waals surface area contributed by atoms with E-state index in [1.165, 1.54) is 11.3 Å². The molecule has 2 aromatic rings. The van der Waals surface area contributed by atoms with Gasteiger partial charge in [0.05, 0.1) is 5.02 Å². The van der Waals surface area contributed by atoms with Crippen LogP contribution in [0.3, 0.4) is 0 Å². The largest absolute Gasteiger partial charge is 0.337 e. The number of likely N-dealkylation sites (tertiary alicyclic amines) is 1. The van der Waals surface area contributed by atoms with E-state index >= 15 is 0 Å². The summed E-state index contributed by atoms with van der Waals surface area (Å²) in [5.74, 6) is 0.695. The van der Waals surface area contributed by atoms with E-state index in [9.17, 15) is 4.79 Å². The minimum atomic E-state index is 0.0301. The number of amides is 1. The summed E-state index contributed by atoms with van der Waals surface area (Å²) in [5, 5.41) is 6.50. The van der Waals surface area contributed by atoms with Crippen molar-refractivity contribution >= 4 is 28.8 Å². The predicted molar refractivity (Wildman–Crippen MR) is 95.1 cm³/mol. The molecule has 0 atom stereocenters. The minimum absolute atomic E-state index is 0.0301. The van der Waals surface area contributed by atoms with Gasteiger partial charge in [-0.1, -0.05) is 29.8 Å². The van der Waals surface area contributed by atoms with Gasteiger partial charge in [0.2, 0.25) is 0 Å². The van der Waals surface area contributed by atoms with Crippen LogP contribution in [0.15, 0.2) is 29.6 Å². The van der Waals surface area contributed by atoms with E-state index in [-0.39, 0.29) is 5.91 Å². The van der Waals surface area contributed by atoms with Crippen molar-refractivity contribution in [2.45, 2.75) is 12.8 Å². The topological polar surface area (TPSA) is 45.2 Å². The van der Waals surface area contributed by atoms with E-state index in [2.05, 4.69) is 10.3 Å². The van der Waals surface area contributed by atoms with E-state index in [1.807, 2.05) is 41.6 Å². The van der Waals surface area contributed by atoms with Crippen LogP contribution in [0.5, 0.6) is 0 Å². The summed E-state index contributed by atoms with van der Waals surface area (Å²) in [7, 11) is 1.98. The van der Waals surface area contributed by atoms with Crippen LogP contribution >= 0.6 is 22.9 Å². The van der Waals surface area contributed by atoms with Crippen LogP contribution in [0.1, 0.15) is 23.3 Å². The van der Waals surface area contributed by atoms with Crippen LogP contribution in [0.25, 0.3) is 10.6 Å². The highest BCUT2D eigenvalue weighted by molar-refractivity contribution is 7.13. The molecule has 122 valence electrons. The van der Waals surface area contributed by atoms with Crippen molar-refractivity contribution in [3.63, 3.8) is 0 Å². The monoisotopic (exact) mass is 349 g/mol. The number of nitrogens with zero attached hydrogens (tertiary/aromatic N) is 2. The van der Waals surface area contributed by atoms with E-state index in [1.54, 1.807) is 0 Å². The average Bonchev–Trinajstić information content (AvgIpc) is 3.05. The van der Waals surface area contributed by atoms with Crippen molar-refractivity contribution in [2.75, 3.05) is 26.7 Å². The van der Waals surface area contributed by atoms with Gasteiger partial charge in [-0.05, 0) is 38.4 Å². The lowest BCUT2D eigenvalue weighted by atomic mass is 9.97. The molecule has 3 rings (SSSR count). The smallest absolute Gasteiger partial charge is 0.273 e. The number of piperidine rings is 1. The molecule has 0 unspecified atom stereocenters. The number of rotatable bonds is 4. The Kier molecular flexibility index (Phi) is 5.30. The molecule has 0 aliphatic carbocycles. The number of carbonyl (C=O) groups is 1. The first kappa shape index (κ1) is 16.4. The second kappa shape index (κ2) is 7.43. The Bertz CT molecular complexity index is 680. The van der Waals surface area contributed by atoms with Crippen LogP contribution in [0.4, 0.5) is 0 Å². The van der Waals surface area contributed by atoms with Crippen molar-refractivity contribution < 1.29 is 4.79 Å². The van der Waals surface area contributed by atoms with Crippen LogP contribution in [-0.4, -0.2) is 42.5 Å². The molecular weight excluding hydrogens is 330 g/mol. The lowest BCUT2D eigenvalue weighted by molar-refractivity contribution is 0.0686. The van der Waals surface area contributed by atoms with Gasteiger partial charge < -0.3 is 10.2 Å². The number of hydrogen-bond acceptors (Lipinski definition) is 4. The molecule has 1 aliphatic heterocycles. The third-order valence-electron chi connectivity index (χ3n) is 4.22. The van der Waals surface area contributed by atoms with E-state index < -0.39 is 0 Å². The second-order valence-electron chi connectivity index (χ2n) is 5.81. The van der Waals surface area contributed by atoms with Crippen LogP contribution in [0.2, 0.25) is 5.02 Å². The molecule has 0 bridgehead atoms. The Labute approximate surface area is 145 Å². The highest BCUT2D eigenvalue weighted by Crippen LogP contribution is 2.30. The molecule has 23 heavy (non-hydrogen) atoms. The summed E-state index contributed by atoms with van der Waals surface area (Å²) in [6.45, 7) is 2.64. The molecule has 1 aliphatic rings. The van der Waals surface area contributed by atoms with Gasteiger partial charge in [0.15, 0.2) is 0 Å². The van der Waals surface area contributed by atoms with E-state index in [0.29, 0.717) is 16.6 Å². The lowest BCUT2D eigenvalue weighted by Gasteiger charge is -2.31. The summed E-state index contributed by atoms with van der Waals surface area (Å²) in [6.07, 6.45) is 2.10. The quantitative estimate of drug-likeness (QED) is 0.918. The first-order chi connectivity index (χ1) is 11.2. The Balaban J connectivity index is 1.69. The lowest BCUT2D eigenvalue weighted by Crippen LogP contribution is -2.40. The maximum Gasteiger partial charge on any atom is 0.273 e. The summed E-state index contributed by atoms with van der Waals surface area (Å²) >= 11 is 7.67. The molecule has 2 heterocycles. The number of benzene rings is 1. The summed E-state index contributed by atoms with van der Waals surface area (Å²) in [4.78, 5) is 19.0. The first-order valence-corrected chi connectivity index (χ1v) is 9.09. The minimum Gasteiger partial charge on any atom is -0.337 e. The van der Waals surface area contributed by atoms with Gasteiger partial charge in [-0.3, -0.25) is 4.79 Å². The number of aromatic nitrogens is 1. The molecule has 4 nitrogen and oxygen atoms in total. The summed E-state index contributed by atoms with van der Waals surface area (Å²) < 4.78 is 0. The van der Waals surface area contributed by atoms with E-state index in [4.69, 9.17) is 11.6 Å². The van der Waals surface area contributed by atoms with Gasteiger partial charge in [-0.15, -0.1) is 11.3 Å².